The van der Waals surface area contributed by atoms with E-state index >= 15 is 0 Å². The predicted octanol–water partition coefficient (Wildman–Crippen LogP) is 6.02. The summed E-state index contributed by atoms with van der Waals surface area (Å²) in [5, 5.41) is 4.26. The van der Waals surface area contributed by atoms with E-state index in [9.17, 15) is 0 Å². The van der Waals surface area contributed by atoms with Gasteiger partial charge in [-0.2, -0.15) is 0 Å². The molecule has 4 aromatic rings. The Bertz CT molecular complexity index is 1000. The van der Waals surface area contributed by atoms with Crippen LogP contribution in [-0.2, 0) is 0 Å². The lowest BCUT2D eigenvalue weighted by Crippen LogP contribution is -1.92. The van der Waals surface area contributed by atoms with E-state index < -0.39 is 0 Å². The van der Waals surface area contributed by atoms with Crippen molar-refractivity contribution in [1.29, 1.82) is 0 Å². The molecule has 1 nitrogen and oxygen atoms in total. The first-order valence-electron chi connectivity index (χ1n) is 7.28. The van der Waals surface area contributed by atoms with Crippen LogP contribution in [-0.4, -0.2) is 4.98 Å². The van der Waals surface area contributed by atoms with Crippen molar-refractivity contribution in [2.24, 2.45) is 0 Å². The Morgan fingerprint density at radius 3 is 2.23 bits per heavy atom. The molecule has 0 N–H and O–H groups in total. The molecular formula is C20H14ClN. The summed E-state index contributed by atoms with van der Waals surface area (Å²) in [6.45, 7) is 2.10. The highest BCUT2D eigenvalue weighted by atomic mass is 35.5. The van der Waals surface area contributed by atoms with Gasteiger partial charge in [-0.25, -0.2) is 4.98 Å². The van der Waals surface area contributed by atoms with E-state index in [1.165, 1.54) is 16.3 Å². The van der Waals surface area contributed by atoms with Crippen molar-refractivity contribution >= 4 is 33.3 Å². The average molecular weight is 304 g/mol. The van der Waals surface area contributed by atoms with Gasteiger partial charge < -0.3 is 0 Å². The van der Waals surface area contributed by atoms with E-state index in [0.717, 1.165) is 27.2 Å². The zero-order valence-electron chi connectivity index (χ0n) is 12.2. The quantitative estimate of drug-likeness (QED) is 0.392. The van der Waals surface area contributed by atoms with Gasteiger partial charge in [0.15, 0.2) is 0 Å². The fourth-order valence-corrected chi connectivity index (χ4v) is 3.21. The first-order valence-corrected chi connectivity index (χ1v) is 7.66. The molecule has 22 heavy (non-hydrogen) atoms. The second kappa shape index (κ2) is 5.11. The average Bonchev–Trinajstić information content (AvgIpc) is 2.55. The number of fused-ring (bicyclic) bond motifs is 3. The number of rotatable bonds is 1. The van der Waals surface area contributed by atoms with E-state index in [4.69, 9.17) is 16.6 Å². The summed E-state index contributed by atoms with van der Waals surface area (Å²) in [4.78, 5) is 4.95. The number of halogens is 1. The normalized spacial score (nSPS) is 11.2. The molecule has 4 rings (SSSR count). The van der Waals surface area contributed by atoms with Crippen molar-refractivity contribution < 1.29 is 0 Å². The third kappa shape index (κ3) is 1.98. The molecule has 0 aliphatic rings. The number of para-hydroxylation sites is 1. The standard InChI is InChI=1S/C20H14ClN/c1-13-7-6-11-15-14-8-2-3-9-16(14)20(22-19(13)15)17-10-4-5-12-18(17)21/h2-12H,1H3. The fraction of sp³-hybridized carbons (Fsp3) is 0.0500. The molecule has 1 heterocycles. The maximum absolute atomic E-state index is 6.41. The predicted molar refractivity (Wildman–Crippen MR) is 94.4 cm³/mol. The Labute approximate surface area is 134 Å². The fourth-order valence-electron chi connectivity index (χ4n) is 2.98. The van der Waals surface area contributed by atoms with E-state index in [1.54, 1.807) is 0 Å². The summed E-state index contributed by atoms with van der Waals surface area (Å²) in [7, 11) is 0. The Morgan fingerprint density at radius 2 is 1.41 bits per heavy atom. The van der Waals surface area contributed by atoms with Gasteiger partial charge in [-0.05, 0) is 23.9 Å². The summed E-state index contributed by atoms with van der Waals surface area (Å²) in [6, 6.07) is 22.6. The molecule has 3 aromatic carbocycles. The monoisotopic (exact) mass is 303 g/mol. The van der Waals surface area contributed by atoms with E-state index in [1.807, 2.05) is 30.3 Å². The van der Waals surface area contributed by atoms with Gasteiger partial charge in [0.2, 0.25) is 0 Å². The Kier molecular flexibility index (Phi) is 3.09. The summed E-state index contributed by atoms with van der Waals surface area (Å²) >= 11 is 6.41. The van der Waals surface area contributed by atoms with Gasteiger partial charge in [0.05, 0.1) is 11.2 Å². The number of pyridine rings is 1. The van der Waals surface area contributed by atoms with Gasteiger partial charge in [0, 0.05) is 21.4 Å². The molecule has 0 atom stereocenters. The molecule has 2 heteroatoms. The number of aryl methyl sites for hydroxylation is 1. The van der Waals surface area contributed by atoms with Crippen LogP contribution in [0, 0.1) is 6.92 Å². The lowest BCUT2D eigenvalue weighted by Gasteiger charge is -2.12. The minimum Gasteiger partial charge on any atom is -0.247 e. The van der Waals surface area contributed by atoms with Crippen LogP contribution in [0.3, 0.4) is 0 Å². The van der Waals surface area contributed by atoms with Crippen LogP contribution in [0.25, 0.3) is 32.9 Å². The molecule has 0 radical (unpaired) electrons. The van der Waals surface area contributed by atoms with Crippen molar-refractivity contribution in [3.63, 3.8) is 0 Å². The maximum Gasteiger partial charge on any atom is 0.0803 e. The molecule has 0 bridgehead atoms. The van der Waals surface area contributed by atoms with Crippen LogP contribution in [0.4, 0.5) is 0 Å². The van der Waals surface area contributed by atoms with E-state index in [-0.39, 0.29) is 0 Å². The van der Waals surface area contributed by atoms with Crippen LogP contribution < -0.4 is 0 Å². The molecule has 0 spiro atoms. The maximum atomic E-state index is 6.41. The number of benzene rings is 3. The summed E-state index contributed by atoms with van der Waals surface area (Å²) in [6.07, 6.45) is 0. The third-order valence-corrected chi connectivity index (χ3v) is 4.39. The molecule has 0 amide bonds. The van der Waals surface area contributed by atoms with Crippen LogP contribution in [0.15, 0.2) is 66.7 Å². The molecule has 1 aromatic heterocycles. The Balaban J connectivity index is 2.22. The second-order valence-electron chi connectivity index (χ2n) is 5.46. The Morgan fingerprint density at radius 1 is 0.727 bits per heavy atom. The van der Waals surface area contributed by atoms with Gasteiger partial charge in [-0.1, -0.05) is 72.3 Å². The van der Waals surface area contributed by atoms with Gasteiger partial charge in [-0.3, -0.25) is 0 Å². The van der Waals surface area contributed by atoms with Gasteiger partial charge in [-0.15, -0.1) is 0 Å². The van der Waals surface area contributed by atoms with Crippen molar-refractivity contribution in [2.75, 3.05) is 0 Å². The number of aromatic nitrogens is 1. The van der Waals surface area contributed by atoms with Crippen molar-refractivity contribution in [3.8, 4) is 11.3 Å². The molecule has 0 saturated heterocycles. The Hall–Kier alpha value is -2.38. The van der Waals surface area contributed by atoms with Crippen molar-refractivity contribution in [1.82, 2.24) is 4.98 Å². The van der Waals surface area contributed by atoms with Crippen LogP contribution in [0.5, 0.6) is 0 Å². The number of hydrogen-bond donors (Lipinski definition) is 0. The molecule has 0 aliphatic heterocycles. The minimum absolute atomic E-state index is 0.730. The van der Waals surface area contributed by atoms with Crippen LogP contribution in [0.2, 0.25) is 5.02 Å². The molecule has 0 saturated carbocycles. The smallest absolute Gasteiger partial charge is 0.0803 e. The lowest BCUT2D eigenvalue weighted by molar-refractivity contribution is 1.38. The zero-order valence-corrected chi connectivity index (χ0v) is 12.9. The third-order valence-electron chi connectivity index (χ3n) is 4.06. The highest BCUT2D eigenvalue weighted by Gasteiger charge is 2.12. The molecule has 0 fully saturated rings. The molecule has 0 unspecified atom stereocenters. The number of hydrogen-bond acceptors (Lipinski definition) is 1. The van der Waals surface area contributed by atoms with Crippen LogP contribution in [0.1, 0.15) is 5.56 Å². The van der Waals surface area contributed by atoms with Crippen LogP contribution >= 0.6 is 11.6 Å². The van der Waals surface area contributed by atoms with Gasteiger partial charge in [0.25, 0.3) is 0 Å². The topological polar surface area (TPSA) is 12.9 Å². The van der Waals surface area contributed by atoms with E-state index in [0.29, 0.717) is 0 Å². The molecule has 0 aliphatic carbocycles. The van der Waals surface area contributed by atoms with Crippen molar-refractivity contribution in [2.45, 2.75) is 6.92 Å². The summed E-state index contributed by atoms with van der Waals surface area (Å²) < 4.78 is 0. The number of nitrogens with zero attached hydrogens (tertiary/aromatic N) is 1. The van der Waals surface area contributed by atoms with Crippen molar-refractivity contribution in [3.05, 3.63) is 77.3 Å². The van der Waals surface area contributed by atoms with Gasteiger partial charge in [0.1, 0.15) is 0 Å². The minimum atomic E-state index is 0.730. The summed E-state index contributed by atoms with van der Waals surface area (Å²) in [5.74, 6) is 0. The summed E-state index contributed by atoms with van der Waals surface area (Å²) in [5.41, 5.74) is 4.14. The highest BCUT2D eigenvalue weighted by Crippen LogP contribution is 2.35. The van der Waals surface area contributed by atoms with E-state index in [2.05, 4.69) is 43.3 Å². The first kappa shape index (κ1) is 13.3. The lowest BCUT2D eigenvalue weighted by atomic mass is 9.99. The largest absolute Gasteiger partial charge is 0.247 e. The second-order valence-corrected chi connectivity index (χ2v) is 5.86. The SMILES string of the molecule is Cc1cccc2c1nc(-c1ccccc1Cl)c1ccccc12. The first-order chi connectivity index (χ1) is 10.8. The zero-order chi connectivity index (χ0) is 15.1. The van der Waals surface area contributed by atoms with Gasteiger partial charge >= 0.3 is 0 Å². The molecular weight excluding hydrogens is 290 g/mol. The highest BCUT2D eigenvalue weighted by molar-refractivity contribution is 6.33. The molecule has 106 valence electrons.